The van der Waals surface area contributed by atoms with Gasteiger partial charge in [-0.3, -0.25) is 0 Å². The lowest BCUT2D eigenvalue weighted by Gasteiger charge is -2.23. The third-order valence-electron chi connectivity index (χ3n) is 3.19. The van der Waals surface area contributed by atoms with E-state index < -0.39 is 12.0 Å². The first-order valence-corrected chi connectivity index (χ1v) is 6.78. The van der Waals surface area contributed by atoms with E-state index in [2.05, 4.69) is 19.2 Å². The predicted molar refractivity (Wildman–Crippen MR) is 71.0 cm³/mol. The lowest BCUT2D eigenvalue weighted by Crippen LogP contribution is -2.48. The van der Waals surface area contributed by atoms with Crippen molar-refractivity contribution in [3.8, 4) is 0 Å². The summed E-state index contributed by atoms with van der Waals surface area (Å²) in [5, 5.41) is 11.8. The van der Waals surface area contributed by atoms with E-state index in [-0.39, 0.29) is 11.9 Å². The van der Waals surface area contributed by atoms with Crippen molar-refractivity contribution in [2.75, 3.05) is 26.3 Å². The number of carbonyl (C=O) groups excluding carboxylic acids is 1. The highest BCUT2D eigenvalue weighted by atomic mass is 16.5. The minimum atomic E-state index is -0.934. The van der Waals surface area contributed by atoms with Crippen molar-refractivity contribution in [2.24, 2.45) is 11.8 Å². The standard InChI is InChI=1S/C13H24N2O4/c1-9(2)8-19-7-5-14-13(18)15-6-4-10(3)11(15)12(16)17/h9-11H,4-8H2,1-3H3,(H,14,18)(H,16,17). The molecule has 1 aliphatic heterocycles. The zero-order valence-corrected chi connectivity index (χ0v) is 11.9. The van der Waals surface area contributed by atoms with Crippen LogP contribution in [0.15, 0.2) is 0 Å². The summed E-state index contributed by atoms with van der Waals surface area (Å²) >= 11 is 0. The molecule has 0 spiro atoms. The summed E-state index contributed by atoms with van der Waals surface area (Å²) in [6, 6.07) is -1.03. The number of carboxylic acids is 1. The van der Waals surface area contributed by atoms with E-state index >= 15 is 0 Å². The smallest absolute Gasteiger partial charge is 0.326 e. The number of hydrogen-bond acceptors (Lipinski definition) is 3. The molecular formula is C13H24N2O4. The predicted octanol–water partition coefficient (Wildman–Crippen LogP) is 1.16. The molecule has 1 aliphatic rings. The van der Waals surface area contributed by atoms with Gasteiger partial charge in [-0.25, -0.2) is 9.59 Å². The maximum absolute atomic E-state index is 11.9. The molecule has 1 saturated heterocycles. The van der Waals surface area contributed by atoms with E-state index in [9.17, 15) is 9.59 Å². The zero-order valence-electron chi connectivity index (χ0n) is 11.9. The van der Waals surface area contributed by atoms with Crippen LogP contribution in [-0.2, 0) is 9.53 Å². The quantitative estimate of drug-likeness (QED) is 0.711. The first-order valence-electron chi connectivity index (χ1n) is 6.78. The number of carboxylic acid groups (broad SMARTS) is 1. The Morgan fingerprint density at radius 2 is 2.16 bits per heavy atom. The summed E-state index contributed by atoms with van der Waals surface area (Å²) in [5.74, 6) is -0.469. The Balaban J connectivity index is 2.31. The van der Waals surface area contributed by atoms with Crippen LogP contribution >= 0.6 is 0 Å². The molecule has 1 heterocycles. The molecule has 1 rings (SSSR count). The van der Waals surface area contributed by atoms with Crippen LogP contribution in [0.1, 0.15) is 27.2 Å². The molecule has 2 N–H and O–H groups in total. The number of urea groups is 1. The lowest BCUT2D eigenvalue weighted by atomic mass is 10.0. The second-order valence-corrected chi connectivity index (χ2v) is 5.44. The van der Waals surface area contributed by atoms with Crippen LogP contribution in [0.25, 0.3) is 0 Å². The maximum Gasteiger partial charge on any atom is 0.326 e. The van der Waals surface area contributed by atoms with Crippen LogP contribution in [0.2, 0.25) is 0 Å². The second-order valence-electron chi connectivity index (χ2n) is 5.44. The number of nitrogens with one attached hydrogen (secondary N) is 1. The van der Waals surface area contributed by atoms with E-state index in [1.54, 1.807) is 0 Å². The molecule has 110 valence electrons. The monoisotopic (exact) mass is 272 g/mol. The molecule has 0 saturated carbocycles. The van der Waals surface area contributed by atoms with E-state index in [1.165, 1.54) is 4.90 Å². The fourth-order valence-corrected chi connectivity index (χ4v) is 2.20. The number of nitrogens with zero attached hydrogens (tertiary/aromatic N) is 1. The average Bonchev–Trinajstić information content (AvgIpc) is 2.70. The highest BCUT2D eigenvalue weighted by Crippen LogP contribution is 2.23. The highest BCUT2D eigenvalue weighted by molar-refractivity contribution is 5.83. The summed E-state index contributed by atoms with van der Waals surface area (Å²) in [6.07, 6.45) is 0.730. The van der Waals surface area contributed by atoms with Crippen LogP contribution in [0.3, 0.4) is 0 Å². The molecule has 19 heavy (non-hydrogen) atoms. The van der Waals surface area contributed by atoms with Gasteiger partial charge in [0.1, 0.15) is 6.04 Å². The molecular weight excluding hydrogens is 248 g/mol. The normalized spacial score (nSPS) is 22.8. The Kier molecular flexibility index (Phi) is 6.08. The number of hydrogen-bond donors (Lipinski definition) is 2. The molecule has 0 aromatic rings. The molecule has 0 aromatic carbocycles. The minimum absolute atomic E-state index is 0.000408. The van der Waals surface area contributed by atoms with Crippen LogP contribution in [0.5, 0.6) is 0 Å². The van der Waals surface area contributed by atoms with Gasteiger partial charge in [-0.2, -0.15) is 0 Å². The lowest BCUT2D eigenvalue weighted by molar-refractivity contribution is -0.142. The van der Waals surface area contributed by atoms with Gasteiger partial charge in [0.25, 0.3) is 0 Å². The molecule has 2 amide bonds. The third-order valence-corrected chi connectivity index (χ3v) is 3.19. The maximum atomic E-state index is 11.9. The molecule has 0 radical (unpaired) electrons. The molecule has 0 aromatic heterocycles. The zero-order chi connectivity index (χ0) is 14.4. The highest BCUT2D eigenvalue weighted by Gasteiger charge is 2.39. The largest absolute Gasteiger partial charge is 0.480 e. The number of ether oxygens (including phenoxy) is 1. The Morgan fingerprint density at radius 1 is 1.47 bits per heavy atom. The van der Waals surface area contributed by atoms with Crippen molar-refractivity contribution in [3.63, 3.8) is 0 Å². The van der Waals surface area contributed by atoms with Crippen molar-refractivity contribution in [1.29, 1.82) is 0 Å². The molecule has 0 bridgehead atoms. The summed E-state index contributed by atoms with van der Waals surface area (Å²) < 4.78 is 5.35. The van der Waals surface area contributed by atoms with Crippen LogP contribution in [0.4, 0.5) is 4.79 Å². The van der Waals surface area contributed by atoms with Gasteiger partial charge in [0.05, 0.1) is 6.61 Å². The summed E-state index contributed by atoms with van der Waals surface area (Å²) in [6.45, 7) is 7.99. The third kappa shape index (κ3) is 4.70. The molecule has 6 heteroatoms. The summed E-state index contributed by atoms with van der Waals surface area (Å²) in [4.78, 5) is 24.4. The van der Waals surface area contributed by atoms with E-state index in [4.69, 9.17) is 9.84 Å². The Labute approximate surface area is 114 Å². The first kappa shape index (κ1) is 15.8. The van der Waals surface area contributed by atoms with Crippen molar-refractivity contribution in [2.45, 2.75) is 33.2 Å². The SMILES string of the molecule is CC(C)COCCNC(=O)N1CCC(C)C1C(=O)O. The summed E-state index contributed by atoms with van der Waals surface area (Å²) in [5.41, 5.74) is 0. The van der Waals surface area contributed by atoms with Gasteiger partial charge in [-0.1, -0.05) is 20.8 Å². The van der Waals surface area contributed by atoms with Crippen molar-refractivity contribution in [1.82, 2.24) is 10.2 Å². The minimum Gasteiger partial charge on any atom is -0.480 e. The van der Waals surface area contributed by atoms with Crippen molar-refractivity contribution < 1.29 is 19.4 Å². The Bertz CT molecular complexity index is 320. The van der Waals surface area contributed by atoms with Crippen molar-refractivity contribution in [3.05, 3.63) is 0 Å². The molecule has 1 fully saturated rings. The van der Waals surface area contributed by atoms with Gasteiger partial charge in [0.2, 0.25) is 0 Å². The topological polar surface area (TPSA) is 78.9 Å². The number of aliphatic carboxylic acids is 1. The molecule has 2 atom stereocenters. The van der Waals surface area contributed by atoms with E-state index in [1.807, 2.05) is 6.92 Å². The van der Waals surface area contributed by atoms with Gasteiger partial charge in [-0.15, -0.1) is 0 Å². The van der Waals surface area contributed by atoms with Gasteiger partial charge < -0.3 is 20.1 Å². The number of amides is 2. The fraction of sp³-hybridized carbons (Fsp3) is 0.846. The number of carbonyl (C=O) groups is 2. The van der Waals surface area contributed by atoms with Crippen LogP contribution in [-0.4, -0.2) is 54.4 Å². The molecule has 6 nitrogen and oxygen atoms in total. The van der Waals surface area contributed by atoms with Gasteiger partial charge in [0, 0.05) is 19.7 Å². The number of rotatable bonds is 6. The Morgan fingerprint density at radius 3 is 2.74 bits per heavy atom. The van der Waals surface area contributed by atoms with Gasteiger partial charge >= 0.3 is 12.0 Å². The fourth-order valence-electron chi connectivity index (χ4n) is 2.20. The second kappa shape index (κ2) is 7.33. The Hall–Kier alpha value is -1.30. The van der Waals surface area contributed by atoms with Gasteiger partial charge in [-0.05, 0) is 18.3 Å². The van der Waals surface area contributed by atoms with Crippen molar-refractivity contribution >= 4 is 12.0 Å². The molecule has 2 unspecified atom stereocenters. The van der Waals surface area contributed by atoms with Gasteiger partial charge in [0.15, 0.2) is 0 Å². The number of likely N-dealkylation sites (tertiary alicyclic amines) is 1. The van der Waals surface area contributed by atoms with E-state index in [0.29, 0.717) is 32.2 Å². The average molecular weight is 272 g/mol. The van der Waals surface area contributed by atoms with Crippen LogP contribution < -0.4 is 5.32 Å². The van der Waals surface area contributed by atoms with E-state index in [0.717, 1.165) is 6.42 Å². The first-order chi connectivity index (χ1) is 8.93. The molecule has 0 aliphatic carbocycles. The van der Waals surface area contributed by atoms with Crippen LogP contribution in [0, 0.1) is 11.8 Å². The summed E-state index contributed by atoms with van der Waals surface area (Å²) in [7, 11) is 0.